The highest BCUT2D eigenvalue weighted by Crippen LogP contribution is 2.20. The van der Waals surface area contributed by atoms with E-state index in [-0.39, 0.29) is 24.2 Å². The fourth-order valence-corrected chi connectivity index (χ4v) is 2.26. The Hall–Kier alpha value is -0.610. The number of hydrogen-bond donors (Lipinski definition) is 2. The fraction of sp³-hybridized carbons (Fsp3) is 0.923. The monoisotopic (exact) mass is 242 g/mol. The quantitative estimate of drug-likeness (QED) is 0.784. The van der Waals surface area contributed by atoms with E-state index in [0.717, 1.165) is 12.8 Å². The Morgan fingerprint density at radius 3 is 2.53 bits per heavy atom. The van der Waals surface area contributed by atoms with Crippen LogP contribution in [0.15, 0.2) is 0 Å². The minimum atomic E-state index is -0.185. The number of carbonyl (C=O) groups is 1. The van der Waals surface area contributed by atoms with Gasteiger partial charge in [0.15, 0.2) is 0 Å². The van der Waals surface area contributed by atoms with Crippen LogP contribution in [0.5, 0.6) is 0 Å². The molecule has 4 heteroatoms. The summed E-state index contributed by atoms with van der Waals surface area (Å²) in [6.07, 6.45) is 4.82. The van der Waals surface area contributed by atoms with Crippen LogP contribution in [0.3, 0.4) is 0 Å². The Kier molecular flexibility index (Phi) is 5.40. The number of ether oxygens (including phenoxy) is 1. The largest absolute Gasteiger partial charge is 0.367 e. The summed E-state index contributed by atoms with van der Waals surface area (Å²) in [6.45, 7) is 6.09. The van der Waals surface area contributed by atoms with E-state index in [0.29, 0.717) is 6.04 Å². The van der Waals surface area contributed by atoms with Crippen molar-refractivity contribution in [3.05, 3.63) is 0 Å². The number of hydrogen-bond acceptors (Lipinski definition) is 3. The summed E-state index contributed by atoms with van der Waals surface area (Å²) in [5.41, 5.74) is -0.185. The summed E-state index contributed by atoms with van der Waals surface area (Å²) in [7, 11) is 1.96. The summed E-state index contributed by atoms with van der Waals surface area (Å²) in [5.74, 6) is -0.0297. The third kappa shape index (κ3) is 5.50. The molecule has 1 saturated carbocycles. The van der Waals surface area contributed by atoms with E-state index >= 15 is 0 Å². The summed E-state index contributed by atoms with van der Waals surface area (Å²) in [6, 6.07) is 0.395. The van der Waals surface area contributed by atoms with E-state index in [2.05, 4.69) is 10.6 Å². The molecular weight excluding hydrogens is 216 g/mol. The number of likely N-dealkylation sites (N-methyl/N-ethyl adjacent to an activating group) is 1. The third-order valence-electron chi connectivity index (χ3n) is 3.02. The molecular formula is C13H26N2O2. The second-order valence-corrected chi connectivity index (χ2v) is 5.83. The van der Waals surface area contributed by atoms with Gasteiger partial charge in [0.2, 0.25) is 5.91 Å². The minimum Gasteiger partial charge on any atom is -0.367 e. The molecule has 0 aromatic carbocycles. The zero-order chi connectivity index (χ0) is 12.9. The lowest BCUT2D eigenvalue weighted by Crippen LogP contribution is -2.46. The van der Waals surface area contributed by atoms with Crippen LogP contribution in [0.1, 0.15) is 46.5 Å². The lowest BCUT2D eigenvalue weighted by atomic mass is 9.92. The van der Waals surface area contributed by atoms with E-state index in [4.69, 9.17) is 4.74 Å². The van der Waals surface area contributed by atoms with Crippen molar-refractivity contribution in [1.29, 1.82) is 0 Å². The van der Waals surface area contributed by atoms with Gasteiger partial charge in [-0.3, -0.25) is 4.79 Å². The van der Waals surface area contributed by atoms with Crippen LogP contribution in [0.25, 0.3) is 0 Å². The summed E-state index contributed by atoms with van der Waals surface area (Å²) < 4.78 is 5.72. The van der Waals surface area contributed by atoms with E-state index in [1.807, 2.05) is 27.8 Å². The third-order valence-corrected chi connectivity index (χ3v) is 3.02. The highest BCUT2D eigenvalue weighted by molar-refractivity contribution is 5.77. The van der Waals surface area contributed by atoms with Crippen molar-refractivity contribution < 1.29 is 9.53 Å². The molecule has 0 saturated heterocycles. The van der Waals surface area contributed by atoms with Crippen molar-refractivity contribution >= 4 is 5.91 Å². The van der Waals surface area contributed by atoms with Gasteiger partial charge >= 0.3 is 0 Å². The molecule has 0 aromatic rings. The molecule has 0 aromatic heterocycles. The molecule has 1 rings (SSSR count). The molecule has 0 aliphatic heterocycles. The highest BCUT2D eigenvalue weighted by Gasteiger charge is 2.25. The van der Waals surface area contributed by atoms with Crippen molar-refractivity contribution in [1.82, 2.24) is 10.6 Å². The van der Waals surface area contributed by atoms with Crippen LogP contribution in [-0.4, -0.2) is 37.2 Å². The van der Waals surface area contributed by atoms with E-state index < -0.39 is 0 Å². The molecule has 1 fully saturated rings. The van der Waals surface area contributed by atoms with Gasteiger partial charge in [-0.15, -0.1) is 0 Å². The van der Waals surface area contributed by atoms with Crippen LogP contribution in [0, 0.1) is 0 Å². The molecule has 17 heavy (non-hydrogen) atoms. The van der Waals surface area contributed by atoms with E-state index in [1.165, 1.54) is 12.8 Å². The normalized spacial score (nSPS) is 25.6. The first kappa shape index (κ1) is 14.5. The molecule has 0 heterocycles. The first-order valence-electron chi connectivity index (χ1n) is 6.52. The van der Waals surface area contributed by atoms with E-state index in [1.54, 1.807) is 0 Å². The van der Waals surface area contributed by atoms with Gasteiger partial charge in [0.1, 0.15) is 6.61 Å². The first-order chi connectivity index (χ1) is 7.92. The van der Waals surface area contributed by atoms with Crippen LogP contribution in [-0.2, 0) is 9.53 Å². The molecule has 2 unspecified atom stereocenters. The Balaban J connectivity index is 2.31. The van der Waals surface area contributed by atoms with Crippen LogP contribution in [0.4, 0.5) is 0 Å². The number of rotatable bonds is 4. The lowest BCUT2D eigenvalue weighted by molar-refractivity contribution is -0.130. The van der Waals surface area contributed by atoms with Gasteiger partial charge in [0.25, 0.3) is 0 Å². The molecule has 4 nitrogen and oxygen atoms in total. The van der Waals surface area contributed by atoms with Crippen molar-refractivity contribution in [2.45, 2.75) is 64.1 Å². The molecule has 2 atom stereocenters. The van der Waals surface area contributed by atoms with Gasteiger partial charge in [-0.25, -0.2) is 0 Å². The molecule has 0 bridgehead atoms. The van der Waals surface area contributed by atoms with Gasteiger partial charge in [-0.2, -0.15) is 0 Å². The van der Waals surface area contributed by atoms with Crippen LogP contribution in [0.2, 0.25) is 0 Å². The molecule has 1 amide bonds. The van der Waals surface area contributed by atoms with Gasteiger partial charge < -0.3 is 15.4 Å². The topological polar surface area (TPSA) is 50.4 Å². The molecule has 2 N–H and O–H groups in total. The molecule has 1 aliphatic carbocycles. The molecule has 0 radical (unpaired) electrons. The second-order valence-electron chi connectivity index (χ2n) is 5.83. The maximum Gasteiger partial charge on any atom is 0.246 e. The van der Waals surface area contributed by atoms with E-state index in [9.17, 15) is 4.79 Å². The number of nitrogens with one attached hydrogen (secondary N) is 2. The maximum absolute atomic E-state index is 11.6. The molecule has 1 aliphatic rings. The average Bonchev–Trinajstić information content (AvgIpc) is 2.24. The zero-order valence-electron chi connectivity index (χ0n) is 11.5. The summed E-state index contributed by atoms with van der Waals surface area (Å²) in [4.78, 5) is 11.6. The summed E-state index contributed by atoms with van der Waals surface area (Å²) in [5, 5.41) is 6.18. The molecule has 100 valence electrons. The van der Waals surface area contributed by atoms with Gasteiger partial charge in [-0.1, -0.05) is 12.8 Å². The average molecular weight is 242 g/mol. The Morgan fingerprint density at radius 2 is 1.94 bits per heavy atom. The second kappa shape index (κ2) is 6.36. The SMILES string of the molecule is CNC1CCCCC1OCC(=O)NC(C)(C)C. The maximum atomic E-state index is 11.6. The number of carbonyl (C=O) groups excluding carboxylic acids is 1. The van der Waals surface area contributed by atoms with Gasteiger partial charge in [0.05, 0.1) is 6.10 Å². The van der Waals surface area contributed by atoms with Gasteiger partial charge in [-0.05, 0) is 40.7 Å². The lowest BCUT2D eigenvalue weighted by Gasteiger charge is -2.31. The Morgan fingerprint density at radius 1 is 1.29 bits per heavy atom. The predicted molar refractivity (Wildman–Crippen MR) is 69.0 cm³/mol. The zero-order valence-corrected chi connectivity index (χ0v) is 11.5. The number of amides is 1. The van der Waals surface area contributed by atoms with Crippen molar-refractivity contribution in [2.24, 2.45) is 0 Å². The van der Waals surface area contributed by atoms with Crippen molar-refractivity contribution in [2.75, 3.05) is 13.7 Å². The smallest absolute Gasteiger partial charge is 0.246 e. The Labute approximate surface area is 104 Å². The standard InChI is InChI=1S/C13H26N2O2/c1-13(2,3)15-12(16)9-17-11-8-6-5-7-10(11)14-4/h10-11,14H,5-9H2,1-4H3,(H,15,16). The van der Waals surface area contributed by atoms with Crippen molar-refractivity contribution in [3.63, 3.8) is 0 Å². The summed E-state index contributed by atoms with van der Waals surface area (Å²) >= 11 is 0. The highest BCUT2D eigenvalue weighted by atomic mass is 16.5. The fourth-order valence-electron chi connectivity index (χ4n) is 2.26. The predicted octanol–water partition coefficient (Wildman–Crippen LogP) is 1.45. The van der Waals surface area contributed by atoms with Crippen LogP contribution >= 0.6 is 0 Å². The minimum absolute atomic E-state index is 0.0297. The molecule has 0 spiro atoms. The van der Waals surface area contributed by atoms with Crippen LogP contribution < -0.4 is 10.6 Å². The van der Waals surface area contributed by atoms with Crippen molar-refractivity contribution in [3.8, 4) is 0 Å². The Bertz CT molecular complexity index is 248. The van der Waals surface area contributed by atoms with Gasteiger partial charge in [0, 0.05) is 11.6 Å². The first-order valence-corrected chi connectivity index (χ1v) is 6.52.